The summed E-state index contributed by atoms with van der Waals surface area (Å²) in [5.41, 5.74) is 0.102. The Morgan fingerprint density at radius 3 is 2.08 bits per heavy atom. The second-order valence-electron chi connectivity index (χ2n) is 4.20. The van der Waals surface area contributed by atoms with E-state index < -0.39 is 11.6 Å². The maximum atomic E-state index is 11.4. The highest BCUT2D eigenvalue weighted by molar-refractivity contribution is 6.48. The van der Waals surface area contributed by atoms with Gasteiger partial charge in [-0.15, -0.1) is 0 Å². The molecule has 0 N–H and O–H groups in total. The van der Waals surface area contributed by atoms with E-state index in [2.05, 4.69) is 0 Å². The smallest absolute Gasteiger partial charge is 0.222 e. The summed E-state index contributed by atoms with van der Waals surface area (Å²) in [5.74, 6) is -1.38. The molecule has 13 heavy (non-hydrogen) atoms. The number of allylic oxidation sites excluding steroid dienone is 2. The Labute approximate surface area is 76.8 Å². The van der Waals surface area contributed by atoms with Crippen molar-refractivity contribution in [1.82, 2.24) is 0 Å². The van der Waals surface area contributed by atoms with Crippen LogP contribution < -0.4 is 0 Å². The van der Waals surface area contributed by atoms with Gasteiger partial charge in [-0.3, -0.25) is 14.4 Å². The fraction of sp³-hybridized carbons (Fsp3) is 0.500. The molecule has 0 bridgehead atoms. The minimum absolute atomic E-state index is 0.225. The summed E-state index contributed by atoms with van der Waals surface area (Å²) in [5, 5.41) is 0. The SMILES string of the molecule is CC(C)(C)C1=CC(=O)C(=O)CC1=O. The molecule has 0 aromatic rings. The second-order valence-corrected chi connectivity index (χ2v) is 4.20. The Kier molecular flexibility index (Phi) is 2.20. The predicted octanol–water partition coefficient (Wildman–Crippen LogP) is 1.07. The Morgan fingerprint density at radius 2 is 1.62 bits per heavy atom. The lowest BCUT2D eigenvalue weighted by Crippen LogP contribution is -2.29. The number of carbonyl (C=O) groups excluding carboxylic acids is 3. The molecule has 0 amide bonds. The Balaban J connectivity index is 3.11. The molecule has 0 aliphatic heterocycles. The number of ketones is 3. The lowest BCUT2D eigenvalue weighted by Gasteiger charge is -2.23. The van der Waals surface area contributed by atoms with Gasteiger partial charge in [0.2, 0.25) is 11.6 Å². The maximum Gasteiger partial charge on any atom is 0.222 e. The van der Waals surface area contributed by atoms with Crippen LogP contribution in [0, 0.1) is 5.41 Å². The van der Waals surface area contributed by atoms with Crippen molar-refractivity contribution < 1.29 is 14.4 Å². The van der Waals surface area contributed by atoms with Crippen molar-refractivity contribution in [2.45, 2.75) is 27.2 Å². The van der Waals surface area contributed by atoms with Gasteiger partial charge in [-0.2, -0.15) is 0 Å². The first-order chi connectivity index (χ1) is 5.82. The van der Waals surface area contributed by atoms with Crippen LogP contribution in [0.2, 0.25) is 0 Å². The third-order valence-electron chi connectivity index (χ3n) is 1.98. The highest BCUT2D eigenvalue weighted by Gasteiger charge is 2.32. The van der Waals surface area contributed by atoms with Crippen LogP contribution in [0.25, 0.3) is 0 Å². The van der Waals surface area contributed by atoms with Gasteiger partial charge < -0.3 is 0 Å². The maximum absolute atomic E-state index is 11.4. The van der Waals surface area contributed by atoms with E-state index >= 15 is 0 Å². The van der Waals surface area contributed by atoms with E-state index in [0.29, 0.717) is 5.57 Å². The molecule has 0 aromatic carbocycles. The minimum atomic E-state index is -0.599. The summed E-state index contributed by atoms with van der Waals surface area (Å²) in [6.45, 7) is 5.54. The zero-order valence-corrected chi connectivity index (χ0v) is 8.01. The molecular formula is C10H12O3. The van der Waals surface area contributed by atoms with Gasteiger partial charge in [0, 0.05) is 5.57 Å². The topological polar surface area (TPSA) is 51.2 Å². The molecule has 0 saturated heterocycles. The molecule has 3 nitrogen and oxygen atoms in total. The number of Topliss-reactive ketones (excluding diaryl/α,β-unsaturated/α-hetero) is 2. The van der Waals surface area contributed by atoms with E-state index in [1.165, 1.54) is 6.08 Å². The lowest BCUT2D eigenvalue weighted by molar-refractivity contribution is -0.137. The summed E-state index contributed by atoms with van der Waals surface area (Å²) in [4.78, 5) is 33.2. The normalized spacial score (nSPS) is 19.0. The Hall–Kier alpha value is -1.25. The molecule has 0 atom stereocenters. The number of rotatable bonds is 0. The van der Waals surface area contributed by atoms with Crippen molar-refractivity contribution in [2.24, 2.45) is 5.41 Å². The van der Waals surface area contributed by atoms with Gasteiger partial charge in [0.05, 0.1) is 6.42 Å². The third-order valence-corrected chi connectivity index (χ3v) is 1.98. The van der Waals surface area contributed by atoms with E-state index in [1.54, 1.807) is 0 Å². The number of carbonyl (C=O) groups is 3. The van der Waals surface area contributed by atoms with Gasteiger partial charge in [0.1, 0.15) is 0 Å². The molecule has 0 radical (unpaired) electrons. The van der Waals surface area contributed by atoms with E-state index in [0.717, 1.165) is 0 Å². The zero-order chi connectivity index (χ0) is 10.2. The molecule has 70 valence electrons. The molecule has 1 aliphatic carbocycles. The van der Waals surface area contributed by atoms with Gasteiger partial charge in [0.25, 0.3) is 0 Å². The van der Waals surface area contributed by atoms with Crippen LogP contribution in [0.3, 0.4) is 0 Å². The molecule has 0 spiro atoms. The molecule has 1 aliphatic rings. The zero-order valence-electron chi connectivity index (χ0n) is 8.01. The molecule has 0 fully saturated rings. The highest BCUT2D eigenvalue weighted by Crippen LogP contribution is 2.28. The van der Waals surface area contributed by atoms with Gasteiger partial charge in [-0.25, -0.2) is 0 Å². The van der Waals surface area contributed by atoms with Crippen LogP contribution in [-0.4, -0.2) is 17.3 Å². The molecule has 0 aromatic heterocycles. The number of hydrogen-bond acceptors (Lipinski definition) is 3. The second kappa shape index (κ2) is 2.91. The van der Waals surface area contributed by atoms with Crippen LogP contribution in [0.1, 0.15) is 27.2 Å². The monoisotopic (exact) mass is 180 g/mol. The number of hydrogen-bond donors (Lipinski definition) is 0. The molecule has 1 rings (SSSR count). The minimum Gasteiger partial charge on any atom is -0.294 e. The average Bonchev–Trinajstić information content (AvgIpc) is 1.94. The van der Waals surface area contributed by atoms with E-state index in [-0.39, 0.29) is 17.6 Å². The van der Waals surface area contributed by atoms with Crippen LogP contribution in [0.15, 0.2) is 11.6 Å². The van der Waals surface area contributed by atoms with Crippen molar-refractivity contribution in [2.75, 3.05) is 0 Å². The first-order valence-corrected chi connectivity index (χ1v) is 4.15. The highest BCUT2D eigenvalue weighted by atomic mass is 16.2. The standard InChI is InChI=1S/C10H12O3/c1-10(2,3)6-4-8(12)9(13)5-7(6)11/h4H,5H2,1-3H3. The van der Waals surface area contributed by atoms with Gasteiger partial charge in [-0.05, 0) is 11.5 Å². The van der Waals surface area contributed by atoms with Crippen molar-refractivity contribution >= 4 is 17.3 Å². The molecular weight excluding hydrogens is 168 g/mol. The van der Waals surface area contributed by atoms with Gasteiger partial charge in [-0.1, -0.05) is 20.8 Å². The quantitative estimate of drug-likeness (QED) is 0.414. The summed E-state index contributed by atoms with van der Waals surface area (Å²) < 4.78 is 0. The Morgan fingerprint density at radius 1 is 1.08 bits per heavy atom. The summed E-state index contributed by atoms with van der Waals surface area (Å²) >= 11 is 0. The van der Waals surface area contributed by atoms with E-state index in [9.17, 15) is 14.4 Å². The van der Waals surface area contributed by atoms with Crippen molar-refractivity contribution in [1.29, 1.82) is 0 Å². The third kappa shape index (κ3) is 1.91. The van der Waals surface area contributed by atoms with Crippen LogP contribution in [0.5, 0.6) is 0 Å². The van der Waals surface area contributed by atoms with E-state index in [4.69, 9.17) is 0 Å². The van der Waals surface area contributed by atoms with Crippen LogP contribution >= 0.6 is 0 Å². The van der Waals surface area contributed by atoms with E-state index in [1.807, 2.05) is 20.8 Å². The first-order valence-electron chi connectivity index (χ1n) is 4.15. The Bertz CT molecular complexity index is 316. The van der Waals surface area contributed by atoms with Gasteiger partial charge >= 0.3 is 0 Å². The summed E-state index contributed by atoms with van der Waals surface area (Å²) in [6.07, 6.45) is 0.913. The molecule has 0 saturated carbocycles. The molecule has 0 unspecified atom stereocenters. The largest absolute Gasteiger partial charge is 0.294 e. The fourth-order valence-corrected chi connectivity index (χ4v) is 1.26. The van der Waals surface area contributed by atoms with Crippen LogP contribution in [0.4, 0.5) is 0 Å². The fourth-order valence-electron chi connectivity index (χ4n) is 1.26. The van der Waals surface area contributed by atoms with Crippen molar-refractivity contribution in [3.8, 4) is 0 Å². The summed E-state index contributed by atoms with van der Waals surface area (Å²) in [7, 11) is 0. The van der Waals surface area contributed by atoms with Crippen molar-refractivity contribution in [3.05, 3.63) is 11.6 Å². The van der Waals surface area contributed by atoms with Crippen molar-refractivity contribution in [3.63, 3.8) is 0 Å². The summed E-state index contributed by atoms with van der Waals surface area (Å²) in [6, 6.07) is 0. The first kappa shape index (κ1) is 9.84. The predicted molar refractivity (Wildman–Crippen MR) is 47.2 cm³/mol. The molecule has 0 heterocycles. The van der Waals surface area contributed by atoms with Crippen LogP contribution in [-0.2, 0) is 14.4 Å². The average molecular weight is 180 g/mol. The molecule has 3 heteroatoms. The van der Waals surface area contributed by atoms with Gasteiger partial charge in [0.15, 0.2) is 5.78 Å². The lowest BCUT2D eigenvalue weighted by atomic mass is 9.79.